The Morgan fingerprint density at radius 2 is 1.15 bits per heavy atom. The van der Waals surface area contributed by atoms with Gasteiger partial charge in [-0.25, -0.2) is 19.9 Å². The maximum Gasteiger partial charge on any atom is 0.164 e. The summed E-state index contributed by atoms with van der Waals surface area (Å²) in [7, 11) is 0. The molecule has 0 fully saturated rings. The van der Waals surface area contributed by atoms with Crippen molar-refractivity contribution in [3.8, 4) is 11.4 Å². The van der Waals surface area contributed by atoms with Crippen molar-refractivity contribution in [1.82, 2.24) is 29.1 Å². The lowest BCUT2D eigenvalue weighted by Crippen LogP contribution is -2.02. The smallest absolute Gasteiger partial charge is 0.164 e. The number of aryl methyl sites for hydroxylation is 2. The van der Waals surface area contributed by atoms with Crippen LogP contribution in [0.2, 0.25) is 0 Å². The van der Waals surface area contributed by atoms with E-state index in [9.17, 15) is 0 Å². The molecule has 5 aromatic rings. The van der Waals surface area contributed by atoms with Crippen LogP contribution in [-0.2, 0) is 0 Å². The van der Waals surface area contributed by atoms with Crippen LogP contribution < -0.4 is 0 Å². The van der Waals surface area contributed by atoms with Gasteiger partial charge in [0.1, 0.15) is 22.7 Å². The zero-order chi connectivity index (χ0) is 17.7. The number of aromatic nitrogens is 6. The average molecular weight is 340 g/mol. The predicted molar refractivity (Wildman–Crippen MR) is 101 cm³/mol. The maximum absolute atomic E-state index is 4.62. The van der Waals surface area contributed by atoms with Gasteiger partial charge in [0.15, 0.2) is 11.3 Å². The van der Waals surface area contributed by atoms with Crippen molar-refractivity contribution in [3.63, 3.8) is 0 Å². The molecule has 126 valence electrons. The first-order chi connectivity index (χ1) is 12.7. The summed E-state index contributed by atoms with van der Waals surface area (Å²) in [6.07, 6.45) is 3.59. The molecule has 0 radical (unpaired) electrons. The molecule has 4 heterocycles. The minimum absolute atomic E-state index is 0.854. The number of fused-ring (bicyclic) bond motifs is 2. The molecule has 0 saturated carbocycles. The zero-order valence-electron chi connectivity index (χ0n) is 14.5. The van der Waals surface area contributed by atoms with E-state index < -0.39 is 0 Å². The molecule has 26 heavy (non-hydrogen) atoms. The van der Waals surface area contributed by atoms with Crippen LogP contribution in [-0.4, -0.2) is 29.1 Å². The molecular formula is C20H16N6. The second-order valence-corrected chi connectivity index (χ2v) is 6.20. The van der Waals surface area contributed by atoms with Gasteiger partial charge < -0.3 is 0 Å². The highest BCUT2D eigenvalue weighted by Gasteiger charge is 2.13. The average Bonchev–Trinajstić information content (AvgIpc) is 3.17. The van der Waals surface area contributed by atoms with Gasteiger partial charge in [-0.05, 0) is 56.3 Å². The van der Waals surface area contributed by atoms with Gasteiger partial charge in [-0.2, -0.15) is 0 Å². The molecule has 0 saturated heterocycles. The molecule has 0 unspecified atom stereocenters. The lowest BCUT2D eigenvalue weighted by atomic mass is 10.2. The van der Waals surface area contributed by atoms with Crippen LogP contribution in [0.15, 0.2) is 60.9 Å². The van der Waals surface area contributed by atoms with Crippen molar-refractivity contribution in [2.24, 2.45) is 0 Å². The third kappa shape index (κ3) is 2.12. The highest BCUT2D eigenvalue weighted by atomic mass is 15.1. The van der Waals surface area contributed by atoms with Crippen molar-refractivity contribution in [2.45, 2.75) is 13.8 Å². The monoisotopic (exact) mass is 340 g/mol. The van der Waals surface area contributed by atoms with Crippen LogP contribution >= 0.6 is 0 Å². The number of hydrogen-bond acceptors (Lipinski definition) is 4. The Morgan fingerprint density at radius 3 is 1.65 bits per heavy atom. The van der Waals surface area contributed by atoms with Crippen molar-refractivity contribution in [3.05, 3.63) is 72.6 Å². The Kier molecular flexibility index (Phi) is 3.12. The number of benzene rings is 1. The molecule has 0 spiro atoms. The van der Waals surface area contributed by atoms with Gasteiger partial charge in [0.05, 0.1) is 11.4 Å². The zero-order valence-corrected chi connectivity index (χ0v) is 14.5. The minimum Gasteiger partial charge on any atom is -0.281 e. The maximum atomic E-state index is 4.62. The summed E-state index contributed by atoms with van der Waals surface area (Å²) in [6.45, 7) is 3.99. The van der Waals surface area contributed by atoms with Crippen LogP contribution in [0.5, 0.6) is 0 Å². The highest BCUT2D eigenvalue weighted by Crippen LogP contribution is 2.24. The third-order valence-electron chi connectivity index (χ3n) is 4.51. The fourth-order valence-electron chi connectivity index (χ4n) is 3.44. The summed E-state index contributed by atoms with van der Waals surface area (Å²) in [5.74, 6) is 1.81. The largest absolute Gasteiger partial charge is 0.281 e. The fraction of sp³-hybridized carbons (Fsp3) is 0.100. The summed E-state index contributed by atoms with van der Waals surface area (Å²) in [5.41, 5.74) is 5.51. The van der Waals surface area contributed by atoms with Crippen LogP contribution in [0.25, 0.3) is 33.7 Å². The van der Waals surface area contributed by atoms with E-state index in [0.29, 0.717) is 0 Å². The number of rotatable bonds is 2. The highest BCUT2D eigenvalue weighted by molar-refractivity contribution is 5.75. The Labute approximate surface area is 149 Å². The quantitative estimate of drug-likeness (QED) is 0.491. The van der Waals surface area contributed by atoms with Gasteiger partial charge in [0, 0.05) is 12.4 Å². The van der Waals surface area contributed by atoms with Crippen LogP contribution in [0.3, 0.4) is 0 Å². The first-order valence-corrected chi connectivity index (χ1v) is 8.43. The number of nitrogens with zero attached hydrogens (tertiary/aromatic N) is 6. The Morgan fingerprint density at radius 1 is 0.654 bits per heavy atom. The molecular weight excluding hydrogens is 324 g/mol. The number of hydrogen-bond donors (Lipinski definition) is 0. The van der Waals surface area contributed by atoms with Crippen molar-refractivity contribution in [1.29, 1.82) is 0 Å². The summed E-state index contributed by atoms with van der Waals surface area (Å²) in [6, 6.07) is 16.0. The van der Waals surface area contributed by atoms with Crippen molar-refractivity contribution < 1.29 is 0 Å². The van der Waals surface area contributed by atoms with Crippen LogP contribution in [0.4, 0.5) is 0 Å². The van der Waals surface area contributed by atoms with Gasteiger partial charge in [0.2, 0.25) is 0 Å². The third-order valence-corrected chi connectivity index (χ3v) is 4.51. The first kappa shape index (κ1) is 14.8. The molecule has 0 N–H and O–H groups in total. The van der Waals surface area contributed by atoms with E-state index in [2.05, 4.69) is 47.3 Å². The van der Waals surface area contributed by atoms with E-state index in [4.69, 9.17) is 0 Å². The summed E-state index contributed by atoms with van der Waals surface area (Å²) in [4.78, 5) is 18.3. The first-order valence-electron chi connectivity index (χ1n) is 8.43. The van der Waals surface area contributed by atoms with E-state index in [0.717, 1.165) is 45.4 Å². The lowest BCUT2D eigenvalue weighted by Gasteiger charge is -2.11. The summed E-state index contributed by atoms with van der Waals surface area (Å²) < 4.78 is 4.14. The molecule has 0 bridgehead atoms. The molecule has 4 aromatic heterocycles. The van der Waals surface area contributed by atoms with Gasteiger partial charge in [0.25, 0.3) is 0 Å². The standard InChI is InChI=1S/C20H16N6/c1-13-23-17-8-4-10-21-19(17)25(13)15-6-3-7-16(12-15)26-14(2)24-18-9-5-11-22-20(18)26/h3-12H,1-2H3. The van der Waals surface area contributed by atoms with E-state index in [1.807, 2.05) is 44.2 Å². The lowest BCUT2D eigenvalue weighted by molar-refractivity contribution is 0.962. The second kappa shape index (κ2) is 5.49. The minimum atomic E-state index is 0.854. The van der Waals surface area contributed by atoms with E-state index in [1.54, 1.807) is 12.4 Å². The molecule has 6 nitrogen and oxygen atoms in total. The van der Waals surface area contributed by atoms with Gasteiger partial charge in [-0.3, -0.25) is 9.13 Å². The van der Waals surface area contributed by atoms with Crippen molar-refractivity contribution >= 4 is 22.3 Å². The molecule has 0 aliphatic rings. The SMILES string of the molecule is Cc1nc2cccnc2n1-c1cccc(-n2c(C)nc3cccnc32)c1. The van der Waals surface area contributed by atoms with Crippen molar-refractivity contribution in [2.75, 3.05) is 0 Å². The van der Waals surface area contributed by atoms with Gasteiger partial charge >= 0.3 is 0 Å². The Hall–Kier alpha value is -3.54. The summed E-state index contributed by atoms with van der Waals surface area (Å²) in [5, 5.41) is 0. The van der Waals surface area contributed by atoms with Crippen LogP contribution in [0.1, 0.15) is 11.6 Å². The Balaban J connectivity index is 1.75. The molecule has 0 aliphatic carbocycles. The second-order valence-electron chi connectivity index (χ2n) is 6.20. The molecule has 0 amide bonds. The van der Waals surface area contributed by atoms with E-state index >= 15 is 0 Å². The predicted octanol–water partition coefficient (Wildman–Crippen LogP) is 3.77. The molecule has 0 aliphatic heterocycles. The van der Waals surface area contributed by atoms with Crippen LogP contribution in [0, 0.1) is 13.8 Å². The molecule has 5 rings (SSSR count). The fourth-order valence-corrected chi connectivity index (χ4v) is 3.44. The molecule has 1 aromatic carbocycles. The van der Waals surface area contributed by atoms with Gasteiger partial charge in [-0.1, -0.05) is 6.07 Å². The number of pyridine rings is 2. The molecule has 6 heteroatoms. The van der Waals surface area contributed by atoms with E-state index in [-0.39, 0.29) is 0 Å². The number of imidazole rings is 2. The van der Waals surface area contributed by atoms with Gasteiger partial charge in [-0.15, -0.1) is 0 Å². The normalized spacial score (nSPS) is 11.5. The van der Waals surface area contributed by atoms with E-state index in [1.165, 1.54) is 0 Å². The topological polar surface area (TPSA) is 61.4 Å². The summed E-state index contributed by atoms with van der Waals surface area (Å²) >= 11 is 0. The Bertz CT molecular complexity index is 1170. The molecule has 0 atom stereocenters.